The molecule has 0 atom stereocenters. The first-order valence-electron chi connectivity index (χ1n) is 28.2. The van der Waals surface area contributed by atoms with E-state index in [1.165, 1.54) is 59.4 Å². The van der Waals surface area contributed by atoms with E-state index in [1.807, 2.05) is 79.1 Å². The fraction of sp³-hybridized carbons (Fsp3) is 0.215. The molecule has 0 aliphatic heterocycles. The Morgan fingerprint density at radius 1 is 0.630 bits per heavy atom. The molecule has 73 heavy (non-hydrogen) atoms. The Morgan fingerprint density at radius 2 is 1.29 bits per heavy atom. The zero-order valence-electron chi connectivity index (χ0n) is 51.4. The van der Waals surface area contributed by atoms with Crippen LogP contribution in [-0.2, 0) is 31.9 Å². The largest absolute Gasteiger partial charge is 3.00 e. The number of halogens is 2. The molecule has 4 nitrogen and oxygen atoms in total. The summed E-state index contributed by atoms with van der Waals surface area (Å²) in [5.74, 6) is -0.549. The molecule has 4 heterocycles. The van der Waals surface area contributed by atoms with Gasteiger partial charge in [-0.25, -0.2) is 0 Å². The maximum absolute atomic E-state index is 12.8. The number of hydrogen-bond donors (Lipinski definition) is 0. The van der Waals surface area contributed by atoms with Crippen molar-refractivity contribution in [3.8, 4) is 56.0 Å². The molecule has 0 bridgehead atoms. The molecule has 0 fully saturated rings. The molecule has 10 aromatic rings. The molecule has 0 aliphatic rings. The summed E-state index contributed by atoms with van der Waals surface area (Å²) < 4.78 is 108. The summed E-state index contributed by atoms with van der Waals surface area (Å²) in [5, 5.41) is 2.99. The van der Waals surface area contributed by atoms with Crippen molar-refractivity contribution in [2.24, 2.45) is 5.41 Å². The maximum Gasteiger partial charge on any atom is 3.00 e. The predicted molar refractivity (Wildman–Crippen MR) is 298 cm³/mol. The number of aromatic nitrogens is 3. The predicted octanol–water partition coefficient (Wildman–Crippen LogP) is 17.2. The minimum Gasteiger partial charge on any atom is -0.501 e. The normalized spacial score (nSPS) is 13.9. The van der Waals surface area contributed by atoms with E-state index >= 15 is 0 Å². The monoisotopic (exact) mass is 1170 g/mol. The summed E-state index contributed by atoms with van der Waals surface area (Å²) in [6.45, 7) is 12.9. The number of aryl methyl sites for hydroxylation is 2. The van der Waals surface area contributed by atoms with Crippen LogP contribution in [0, 0.1) is 49.0 Å². The summed E-state index contributed by atoms with van der Waals surface area (Å²) in [5.41, 5.74) is 6.90. The number of furan rings is 1. The SMILES string of the molecule is CC(C)(C)c1ccc(-c2[c-]cc(F)cc2)nc1.C[Si](C)(C)c1ccc(-c2[c-]cc(F)cc2)nc1.[2H]c1cc(C([2H])([2H])C(C)(C)C)cc(C([2H])([2H])[2H])c1-c1cc(-c2[c-]ccc3c2oc2cc(-c4ccccc4)ccc23)ncc1C([2H])([2H])[2H].[Ir+3]. The van der Waals surface area contributed by atoms with Crippen LogP contribution in [0.4, 0.5) is 8.78 Å². The number of benzene rings is 6. The fourth-order valence-electron chi connectivity index (χ4n) is 7.89. The van der Waals surface area contributed by atoms with Crippen molar-refractivity contribution in [1.82, 2.24) is 15.0 Å². The standard InChI is InChI=1S/C36H32NO.C15H15FN.C14H15FNSi.Ir/c1-23-18-25(21-36(3,4)5)14-16-28(23)32-20-33(37-22-24(32)2)31-13-9-12-30-29-17-15-27(19-34(29)38-35(30)31)26-10-7-6-8-11-26;1-15(2,3)12-6-9-14(17-10-12)11-4-7-13(16)8-5-11;1-17(2,3)13-8-9-14(16-10-13)11-4-6-12(15)7-5-11;/h6-12,14-20,22H,21H2,1-5H3;2*4,6-10H,1-3H3;/q3*-1;+3/i1D3,2D3,16D,21D2;;;. The molecule has 6 aromatic carbocycles. The van der Waals surface area contributed by atoms with E-state index in [0.29, 0.717) is 16.7 Å². The summed E-state index contributed by atoms with van der Waals surface area (Å²) in [6, 6.07) is 49.1. The van der Waals surface area contributed by atoms with Crippen molar-refractivity contribution < 1.29 is 45.6 Å². The van der Waals surface area contributed by atoms with Crippen molar-refractivity contribution in [2.75, 3.05) is 0 Å². The van der Waals surface area contributed by atoms with E-state index in [2.05, 4.69) is 85.7 Å². The van der Waals surface area contributed by atoms with E-state index in [4.69, 9.17) is 16.8 Å². The Hall–Kier alpha value is -6.70. The molecule has 0 radical (unpaired) electrons. The minimum absolute atomic E-state index is 0. The summed E-state index contributed by atoms with van der Waals surface area (Å²) in [6.07, 6.45) is 3.00. The Kier molecular flexibility index (Phi) is 13.2. The molecule has 0 amide bonds. The molecule has 0 unspecified atom stereocenters. The van der Waals surface area contributed by atoms with Gasteiger partial charge >= 0.3 is 20.1 Å². The molecular weight excluding hydrogens is 1100 g/mol. The van der Waals surface area contributed by atoms with Gasteiger partial charge in [0.05, 0.1) is 15.0 Å². The third kappa shape index (κ3) is 13.5. The molecule has 4 aromatic heterocycles. The van der Waals surface area contributed by atoms with Crippen LogP contribution in [0.1, 0.15) is 76.1 Å². The van der Waals surface area contributed by atoms with Gasteiger partial charge in [-0.15, -0.1) is 77.9 Å². The number of pyridine rings is 3. The van der Waals surface area contributed by atoms with Gasteiger partial charge in [0.25, 0.3) is 0 Å². The zero-order valence-corrected chi connectivity index (χ0v) is 45.7. The molecule has 8 heteroatoms. The molecule has 0 saturated carbocycles. The third-order valence-corrected chi connectivity index (χ3v) is 13.8. The van der Waals surface area contributed by atoms with E-state index in [-0.39, 0.29) is 76.7 Å². The fourth-order valence-corrected chi connectivity index (χ4v) is 8.93. The van der Waals surface area contributed by atoms with Crippen LogP contribution < -0.4 is 5.19 Å². The third-order valence-electron chi connectivity index (χ3n) is 11.8. The summed E-state index contributed by atoms with van der Waals surface area (Å²) in [7, 11) is -1.30. The number of nitrogens with zero attached hydrogens (tertiary/aromatic N) is 3. The van der Waals surface area contributed by atoms with E-state index in [0.717, 1.165) is 44.4 Å². The maximum atomic E-state index is 12.8. The van der Waals surface area contributed by atoms with Gasteiger partial charge < -0.3 is 19.4 Å². The van der Waals surface area contributed by atoms with Crippen LogP contribution in [-0.4, -0.2) is 23.0 Å². The number of fused-ring (bicyclic) bond motifs is 3. The second-order valence-electron chi connectivity index (χ2n) is 20.6. The van der Waals surface area contributed by atoms with Gasteiger partial charge in [0, 0.05) is 46.6 Å². The van der Waals surface area contributed by atoms with Gasteiger partial charge in [0.2, 0.25) is 0 Å². The minimum atomic E-state index is -2.79. The number of rotatable bonds is 7. The Bertz CT molecular complexity index is 3740. The summed E-state index contributed by atoms with van der Waals surface area (Å²) >= 11 is 0. The second kappa shape index (κ2) is 22.6. The van der Waals surface area contributed by atoms with Crippen molar-refractivity contribution in [3.05, 3.63) is 216 Å². The van der Waals surface area contributed by atoms with Crippen LogP contribution in [0.2, 0.25) is 19.6 Å². The molecule has 0 spiro atoms. The molecule has 0 saturated heterocycles. The quantitative estimate of drug-likeness (QED) is 0.118. The van der Waals surface area contributed by atoms with Crippen LogP contribution in [0.3, 0.4) is 0 Å². The van der Waals surface area contributed by atoms with Crippen LogP contribution in [0.5, 0.6) is 0 Å². The molecule has 370 valence electrons. The smallest absolute Gasteiger partial charge is 0.501 e. The van der Waals surface area contributed by atoms with Gasteiger partial charge in [-0.3, -0.25) is 8.78 Å². The molecule has 10 rings (SSSR count). The Balaban J connectivity index is 0.000000224. The first-order chi connectivity index (χ1) is 37.8. The average molecular weight is 1170 g/mol. The number of hydrogen-bond acceptors (Lipinski definition) is 4. The summed E-state index contributed by atoms with van der Waals surface area (Å²) in [4.78, 5) is 13.3. The Labute approximate surface area is 458 Å². The topological polar surface area (TPSA) is 51.8 Å². The Morgan fingerprint density at radius 3 is 1.85 bits per heavy atom. The van der Waals surface area contributed by atoms with Gasteiger partial charge in [-0.1, -0.05) is 163 Å². The second-order valence-corrected chi connectivity index (χ2v) is 25.7. The van der Waals surface area contributed by atoms with Gasteiger partial charge in [0.15, 0.2) is 0 Å². The van der Waals surface area contributed by atoms with Gasteiger partial charge in [-0.05, 0) is 104 Å². The molecule has 0 N–H and O–H groups in total. The first kappa shape index (κ1) is 42.8. The van der Waals surface area contributed by atoms with E-state index < -0.39 is 33.6 Å². The molecular formula is C65H62F2IrN3OSi. The zero-order chi connectivity index (χ0) is 59.0. The van der Waals surface area contributed by atoms with Gasteiger partial charge in [0.1, 0.15) is 5.58 Å². The average Bonchev–Trinajstić information content (AvgIpc) is 3.78. The van der Waals surface area contributed by atoms with E-state index in [9.17, 15) is 8.78 Å². The van der Waals surface area contributed by atoms with Crippen molar-refractivity contribution in [1.29, 1.82) is 0 Å². The van der Waals surface area contributed by atoms with Crippen LogP contribution in [0.15, 0.2) is 169 Å². The van der Waals surface area contributed by atoms with E-state index in [1.54, 1.807) is 39.0 Å². The molecule has 0 aliphatic carbocycles. The van der Waals surface area contributed by atoms with Crippen molar-refractivity contribution in [3.63, 3.8) is 0 Å². The van der Waals surface area contributed by atoms with Gasteiger partial charge in [-0.2, -0.15) is 0 Å². The van der Waals surface area contributed by atoms with Crippen molar-refractivity contribution in [2.45, 2.75) is 86.7 Å². The van der Waals surface area contributed by atoms with Crippen LogP contribution in [0.25, 0.3) is 78.0 Å². The van der Waals surface area contributed by atoms with Crippen molar-refractivity contribution >= 4 is 35.2 Å². The first-order valence-corrected chi connectivity index (χ1v) is 27.2. The van der Waals surface area contributed by atoms with Crippen LogP contribution >= 0.6 is 0 Å².